The van der Waals surface area contributed by atoms with Gasteiger partial charge in [-0.05, 0) is 43.3 Å². The van der Waals surface area contributed by atoms with Crippen molar-refractivity contribution in [2.24, 2.45) is 0 Å². The summed E-state index contributed by atoms with van der Waals surface area (Å²) in [6.07, 6.45) is -3.49. The number of ether oxygens (including phenoxy) is 4. The van der Waals surface area contributed by atoms with Crippen LogP contribution in [0.25, 0.3) is 0 Å². The first kappa shape index (κ1) is 23.2. The van der Waals surface area contributed by atoms with Crippen LogP contribution in [0.3, 0.4) is 0 Å². The van der Waals surface area contributed by atoms with Crippen LogP contribution >= 0.6 is 0 Å². The van der Waals surface area contributed by atoms with Gasteiger partial charge in [-0.2, -0.15) is 0 Å². The van der Waals surface area contributed by atoms with Crippen LogP contribution in [-0.2, 0) is 18.9 Å². The van der Waals surface area contributed by atoms with Crippen LogP contribution in [-0.4, -0.2) is 42.5 Å². The van der Waals surface area contributed by atoms with Gasteiger partial charge in [-0.15, -0.1) is 0 Å². The van der Waals surface area contributed by atoms with Crippen molar-refractivity contribution in [2.75, 3.05) is 0 Å². The zero-order valence-corrected chi connectivity index (χ0v) is 18.5. The van der Waals surface area contributed by atoms with E-state index in [2.05, 4.69) is 0 Å². The molecule has 3 aromatic rings. The Labute approximate surface area is 197 Å². The minimum Gasteiger partial charge on any atom is -0.454 e. The van der Waals surface area contributed by atoms with E-state index in [0.717, 1.165) is 0 Å². The van der Waals surface area contributed by atoms with Gasteiger partial charge in [-0.3, -0.25) is 0 Å². The third-order valence-electron chi connectivity index (χ3n) is 5.32. The molecule has 3 aromatic carbocycles. The van der Waals surface area contributed by atoms with Gasteiger partial charge in [0.05, 0.1) is 22.8 Å². The Morgan fingerprint density at radius 1 is 0.647 bits per heavy atom. The molecule has 0 saturated carbocycles. The van der Waals surface area contributed by atoms with E-state index in [1.807, 2.05) is 0 Å². The Kier molecular flexibility index (Phi) is 7.34. The van der Waals surface area contributed by atoms with Gasteiger partial charge in [0, 0.05) is 6.42 Å². The van der Waals surface area contributed by atoms with Crippen molar-refractivity contribution in [2.45, 2.75) is 37.9 Å². The minimum atomic E-state index is -1.27. The van der Waals surface area contributed by atoms with E-state index < -0.39 is 42.5 Å². The van der Waals surface area contributed by atoms with E-state index in [1.165, 1.54) is 0 Å². The molecule has 1 saturated heterocycles. The maximum atomic E-state index is 12.8. The van der Waals surface area contributed by atoms with E-state index >= 15 is 0 Å². The average molecular weight is 460 g/mol. The summed E-state index contributed by atoms with van der Waals surface area (Å²) in [4.78, 5) is 38.3. The first-order valence-corrected chi connectivity index (χ1v) is 10.9. The summed E-state index contributed by atoms with van der Waals surface area (Å²) >= 11 is 0. The van der Waals surface area contributed by atoms with Crippen LogP contribution in [0.15, 0.2) is 91.0 Å². The lowest BCUT2D eigenvalue weighted by atomic mass is 10.0. The summed E-state index contributed by atoms with van der Waals surface area (Å²) in [5, 5.41) is 0. The van der Waals surface area contributed by atoms with Crippen molar-refractivity contribution in [3.63, 3.8) is 0 Å². The molecule has 0 radical (unpaired) electrons. The third-order valence-corrected chi connectivity index (χ3v) is 5.32. The van der Waals surface area contributed by atoms with Gasteiger partial charge in [0.1, 0.15) is 6.10 Å². The van der Waals surface area contributed by atoms with Gasteiger partial charge in [-0.1, -0.05) is 54.6 Å². The van der Waals surface area contributed by atoms with Crippen molar-refractivity contribution in [3.8, 4) is 0 Å². The molecule has 174 valence electrons. The van der Waals surface area contributed by atoms with Crippen LogP contribution in [0, 0.1) is 0 Å². The predicted molar refractivity (Wildman–Crippen MR) is 122 cm³/mol. The summed E-state index contributed by atoms with van der Waals surface area (Å²) in [7, 11) is 0. The fraction of sp³-hybridized carbons (Fsp3) is 0.222. The molecule has 0 amide bonds. The lowest BCUT2D eigenvalue weighted by Crippen LogP contribution is -2.53. The topological polar surface area (TPSA) is 88.1 Å². The lowest BCUT2D eigenvalue weighted by molar-refractivity contribution is -0.241. The number of esters is 3. The van der Waals surface area contributed by atoms with E-state index in [4.69, 9.17) is 18.9 Å². The van der Waals surface area contributed by atoms with Gasteiger partial charge in [0.2, 0.25) is 12.4 Å². The Morgan fingerprint density at radius 2 is 1.06 bits per heavy atom. The molecule has 4 atom stereocenters. The molecular weight excluding hydrogens is 436 g/mol. The number of benzene rings is 3. The molecule has 1 fully saturated rings. The molecule has 0 aliphatic carbocycles. The highest BCUT2D eigenvalue weighted by molar-refractivity contribution is 5.91. The molecule has 7 nitrogen and oxygen atoms in total. The first-order valence-electron chi connectivity index (χ1n) is 10.9. The van der Waals surface area contributed by atoms with Crippen molar-refractivity contribution in [1.29, 1.82) is 0 Å². The van der Waals surface area contributed by atoms with Crippen molar-refractivity contribution in [1.82, 2.24) is 0 Å². The predicted octanol–water partition coefficient (Wildman–Crippen LogP) is 4.43. The third kappa shape index (κ3) is 5.68. The second kappa shape index (κ2) is 10.8. The second-order valence-electron chi connectivity index (χ2n) is 7.87. The standard InChI is InChI=1S/C27H24O7/c1-18-17-22(32-24(28)19-11-5-2-6-12-19)23(33-25(29)20-13-7-3-8-14-20)27(31-18)34-26(30)21-15-9-4-10-16-21/h2-16,18,22-23,27H,17H2,1H3/t18-,22+,23+,27+/m1/s1. The van der Waals surface area contributed by atoms with Crippen LogP contribution in [0.1, 0.15) is 44.4 Å². The largest absolute Gasteiger partial charge is 0.454 e. The molecule has 7 heteroatoms. The maximum absolute atomic E-state index is 12.8. The Balaban J connectivity index is 1.58. The average Bonchev–Trinajstić information content (AvgIpc) is 2.87. The SMILES string of the molecule is C[C@@H]1C[C@H](OC(=O)c2ccccc2)[C@H](OC(=O)c2ccccc2)[C@H](OC(=O)c2ccccc2)O1. The van der Waals surface area contributed by atoms with Crippen molar-refractivity contribution < 1.29 is 33.3 Å². The van der Waals surface area contributed by atoms with Gasteiger partial charge in [-0.25, -0.2) is 14.4 Å². The molecule has 0 unspecified atom stereocenters. The molecule has 0 aromatic heterocycles. The van der Waals surface area contributed by atoms with E-state index in [0.29, 0.717) is 16.7 Å². The van der Waals surface area contributed by atoms with Crippen molar-refractivity contribution in [3.05, 3.63) is 108 Å². The molecule has 34 heavy (non-hydrogen) atoms. The molecule has 1 heterocycles. The highest BCUT2D eigenvalue weighted by Gasteiger charge is 2.45. The number of rotatable bonds is 6. The Hall–Kier alpha value is -3.97. The second-order valence-corrected chi connectivity index (χ2v) is 7.87. The van der Waals surface area contributed by atoms with Crippen LogP contribution in [0.2, 0.25) is 0 Å². The zero-order chi connectivity index (χ0) is 23.9. The van der Waals surface area contributed by atoms with Gasteiger partial charge in [0.25, 0.3) is 0 Å². The Morgan fingerprint density at radius 3 is 1.53 bits per heavy atom. The van der Waals surface area contributed by atoms with E-state index in [-0.39, 0.29) is 6.42 Å². The highest BCUT2D eigenvalue weighted by atomic mass is 16.7. The summed E-state index contributed by atoms with van der Waals surface area (Å²) in [6, 6.07) is 25.3. The van der Waals surface area contributed by atoms with Gasteiger partial charge in [0.15, 0.2) is 0 Å². The number of carbonyl (C=O) groups excluding carboxylic acids is 3. The zero-order valence-electron chi connectivity index (χ0n) is 18.5. The monoisotopic (exact) mass is 460 g/mol. The van der Waals surface area contributed by atoms with E-state index in [1.54, 1.807) is 97.9 Å². The quantitative estimate of drug-likeness (QED) is 0.397. The molecule has 1 aliphatic rings. The summed E-state index contributed by atoms with van der Waals surface area (Å²) in [5.74, 6) is -1.87. The molecule has 0 bridgehead atoms. The normalized spacial score (nSPS) is 21.8. The van der Waals surface area contributed by atoms with Gasteiger partial charge >= 0.3 is 17.9 Å². The first-order chi connectivity index (χ1) is 16.5. The maximum Gasteiger partial charge on any atom is 0.340 e. The van der Waals surface area contributed by atoms with Crippen molar-refractivity contribution >= 4 is 17.9 Å². The number of hydrogen-bond donors (Lipinski definition) is 0. The van der Waals surface area contributed by atoms with Crippen LogP contribution in [0.5, 0.6) is 0 Å². The fourth-order valence-corrected chi connectivity index (χ4v) is 3.63. The lowest BCUT2D eigenvalue weighted by Gasteiger charge is -2.38. The minimum absolute atomic E-state index is 0.255. The van der Waals surface area contributed by atoms with Crippen LogP contribution < -0.4 is 0 Å². The number of hydrogen-bond acceptors (Lipinski definition) is 7. The smallest absolute Gasteiger partial charge is 0.340 e. The summed E-state index contributed by atoms with van der Waals surface area (Å²) in [6.45, 7) is 1.77. The summed E-state index contributed by atoms with van der Waals surface area (Å²) in [5.41, 5.74) is 0.977. The van der Waals surface area contributed by atoms with E-state index in [9.17, 15) is 14.4 Å². The fourth-order valence-electron chi connectivity index (χ4n) is 3.63. The van der Waals surface area contributed by atoms with Gasteiger partial charge < -0.3 is 18.9 Å². The molecule has 1 aliphatic heterocycles. The highest BCUT2D eigenvalue weighted by Crippen LogP contribution is 2.28. The number of carbonyl (C=O) groups is 3. The molecular formula is C27H24O7. The molecule has 4 rings (SSSR count). The molecule has 0 spiro atoms. The molecule has 0 N–H and O–H groups in total. The van der Waals surface area contributed by atoms with Crippen LogP contribution in [0.4, 0.5) is 0 Å². The summed E-state index contributed by atoms with van der Waals surface area (Å²) < 4.78 is 22.9. The Bertz CT molecular complexity index is 1050.